The third kappa shape index (κ3) is 6.08. The van der Waals surface area contributed by atoms with Gasteiger partial charge in [0.05, 0.1) is 4.90 Å². The van der Waals surface area contributed by atoms with Gasteiger partial charge in [0.2, 0.25) is 21.1 Å². The van der Waals surface area contributed by atoms with Crippen LogP contribution in [-0.4, -0.2) is 30.6 Å². The number of hydrogen-bond acceptors (Lipinski definition) is 6. The van der Waals surface area contributed by atoms with Crippen molar-refractivity contribution < 1.29 is 13.2 Å². The fourth-order valence-corrected chi connectivity index (χ4v) is 4.32. The van der Waals surface area contributed by atoms with E-state index in [0.29, 0.717) is 11.6 Å². The molecule has 148 valence electrons. The van der Waals surface area contributed by atoms with Crippen LogP contribution < -0.4 is 10.0 Å². The fourth-order valence-electron chi connectivity index (χ4n) is 2.36. The van der Waals surface area contributed by atoms with Gasteiger partial charge in [-0.2, -0.15) is 4.72 Å². The number of rotatable bonds is 8. The standard InChI is InChI=1S/C18H26N4O3S2/c1-11(2)10-15(16(23)19-18-21-20-17(26-18)12(3)4)22-27(24,25)14-8-6-13(5)7-9-14/h6-9,11-12,15,22H,10H2,1-5H3,(H,19,21,23). The quantitative estimate of drug-likeness (QED) is 0.695. The summed E-state index contributed by atoms with van der Waals surface area (Å²) in [6.07, 6.45) is 0.368. The van der Waals surface area contributed by atoms with Crippen LogP contribution in [0.15, 0.2) is 29.2 Å². The van der Waals surface area contributed by atoms with E-state index in [-0.39, 0.29) is 16.7 Å². The molecule has 0 radical (unpaired) electrons. The summed E-state index contributed by atoms with van der Waals surface area (Å²) in [6.45, 7) is 9.73. The summed E-state index contributed by atoms with van der Waals surface area (Å²) in [5.41, 5.74) is 0.961. The van der Waals surface area contributed by atoms with Gasteiger partial charge in [0.1, 0.15) is 11.0 Å². The van der Waals surface area contributed by atoms with Crippen molar-refractivity contribution in [3.63, 3.8) is 0 Å². The Hall–Kier alpha value is -1.84. The Morgan fingerprint density at radius 3 is 2.26 bits per heavy atom. The zero-order chi connectivity index (χ0) is 20.2. The second-order valence-electron chi connectivity index (χ2n) is 7.21. The Balaban J connectivity index is 2.17. The van der Waals surface area contributed by atoms with Crippen molar-refractivity contribution >= 4 is 32.4 Å². The summed E-state index contributed by atoms with van der Waals surface area (Å²) in [4.78, 5) is 12.8. The van der Waals surface area contributed by atoms with Crippen molar-refractivity contribution in [2.45, 2.75) is 57.9 Å². The third-order valence-corrected chi connectivity index (χ3v) is 6.44. The van der Waals surface area contributed by atoms with Crippen LogP contribution in [0.4, 0.5) is 5.13 Å². The van der Waals surface area contributed by atoms with Gasteiger partial charge in [0.25, 0.3) is 0 Å². The number of carbonyl (C=O) groups is 1. The molecule has 27 heavy (non-hydrogen) atoms. The van der Waals surface area contributed by atoms with Crippen LogP contribution in [0.3, 0.4) is 0 Å². The van der Waals surface area contributed by atoms with Crippen molar-refractivity contribution in [2.24, 2.45) is 5.92 Å². The van der Waals surface area contributed by atoms with Gasteiger partial charge >= 0.3 is 0 Å². The highest BCUT2D eigenvalue weighted by atomic mass is 32.2. The highest BCUT2D eigenvalue weighted by molar-refractivity contribution is 7.89. The molecule has 0 aliphatic heterocycles. The lowest BCUT2D eigenvalue weighted by molar-refractivity contribution is -0.118. The predicted molar refractivity (Wildman–Crippen MR) is 107 cm³/mol. The summed E-state index contributed by atoms with van der Waals surface area (Å²) in [5, 5.41) is 11.9. The molecule has 2 rings (SSSR count). The van der Waals surface area contributed by atoms with Crippen LogP contribution in [0.5, 0.6) is 0 Å². The average Bonchev–Trinajstić information content (AvgIpc) is 3.02. The van der Waals surface area contributed by atoms with Crippen LogP contribution >= 0.6 is 11.3 Å². The van der Waals surface area contributed by atoms with Crippen molar-refractivity contribution in [3.05, 3.63) is 34.8 Å². The minimum Gasteiger partial charge on any atom is -0.299 e. The first-order chi connectivity index (χ1) is 12.6. The van der Waals surface area contributed by atoms with E-state index in [1.807, 2.05) is 34.6 Å². The molecule has 2 N–H and O–H groups in total. The van der Waals surface area contributed by atoms with Crippen LogP contribution in [0.2, 0.25) is 0 Å². The number of nitrogens with zero attached hydrogens (tertiary/aromatic N) is 2. The molecule has 1 atom stereocenters. The summed E-state index contributed by atoms with van der Waals surface area (Å²) < 4.78 is 27.9. The summed E-state index contributed by atoms with van der Waals surface area (Å²) >= 11 is 1.29. The maximum Gasteiger partial charge on any atom is 0.244 e. The van der Waals surface area contributed by atoms with Crippen LogP contribution in [0, 0.1) is 12.8 Å². The smallest absolute Gasteiger partial charge is 0.244 e. The Morgan fingerprint density at radius 2 is 1.74 bits per heavy atom. The number of amides is 1. The molecule has 1 aromatic heterocycles. The van der Waals surface area contributed by atoms with E-state index in [4.69, 9.17) is 0 Å². The topological polar surface area (TPSA) is 101 Å². The molecule has 0 aliphatic carbocycles. The molecule has 1 heterocycles. The van der Waals surface area contributed by atoms with Gasteiger partial charge in [0.15, 0.2) is 0 Å². The van der Waals surface area contributed by atoms with Gasteiger partial charge < -0.3 is 0 Å². The fraction of sp³-hybridized carbons (Fsp3) is 0.500. The predicted octanol–water partition coefficient (Wildman–Crippen LogP) is 3.30. The summed E-state index contributed by atoms with van der Waals surface area (Å²) in [5.74, 6) is -0.104. The summed E-state index contributed by atoms with van der Waals surface area (Å²) in [6, 6.07) is 5.60. The Kier molecular flexibility index (Phi) is 7.07. The minimum atomic E-state index is -3.81. The molecule has 0 aliphatic rings. The van der Waals surface area contributed by atoms with E-state index >= 15 is 0 Å². The van der Waals surface area contributed by atoms with Crippen LogP contribution in [-0.2, 0) is 14.8 Å². The monoisotopic (exact) mass is 410 g/mol. The first kappa shape index (κ1) is 21.5. The lowest BCUT2D eigenvalue weighted by Crippen LogP contribution is -2.44. The number of aromatic nitrogens is 2. The Labute approximate surface area is 164 Å². The van der Waals surface area contributed by atoms with Gasteiger partial charge in [-0.3, -0.25) is 10.1 Å². The van der Waals surface area contributed by atoms with Gasteiger partial charge in [0, 0.05) is 5.92 Å². The molecule has 0 spiro atoms. The van der Waals surface area contributed by atoms with E-state index in [2.05, 4.69) is 20.2 Å². The Morgan fingerprint density at radius 1 is 1.11 bits per heavy atom. The number of benzene rings is 1. The molecule has 0 saturated heterocycles. The number of sulfonamides is 1. The molecule has 9 heteroatoms. The molecular weight excluding hydrogens is 384 g/mol. The number of aryl methyl sites for hydroxylation is 1. The van der Waals surface area contributed by atoms with E-state index < -0.39 is 22.0 Å². The van der Waals surface area contributed by atoms with E-state index in [1.54, 1.807) is 12.1 Å². The van der Waals surface area contributed by atoms with Crippen molar-refractivity contribution in [3.8, 4) is 0 Å². The average molecular weight is 411 g/mol. The first-order valence-electron chi connectivity index (χ1n) is 8.81. The molecule has 1 aromatic carbocycles. The van der Waals surface area contributed by atoms with E-state index in [1.165, 1.54) is 23.5 Å². The number of carbonyl (C=O) groups excluding carboxylic acids is 1. The Bertz CT molecular complexity index is 874. The molecule has 1 unspecified atom stereocenters. The molecule has 2 aromatic rings. The lowest BCUT2D eigenvalue weighted by atomic mass is 10.0. The molecule has 0 bridgehead atoms. The zero-order valence-electron chi connectivity index (χ0n) is 16.2. The van der Waals surface area contributed by atoms with Crippen LogP contribution in [0.1, 0.15) is 50.6 Å². The highest BCUT2D eigenvalue weighted by Crippen LogP contribution is 2.23. The maximum absolute atomic E-state index is 12.7. The van der Waals surface area contributed by atoms with Gasteiger partial charge in [-0.1, -0.05) is 56.7 Å². The lowest BCUT2D eigenvalue weighted by Gasteiger charge is -2.19. The first-order valence-corrected chi connectivity index (χ1v) is 11.1. The SMILES string of the molecule is Cc1ccc(S(=O)(=O)NC(CC(C)C)C(=O)Nc2nnc(C(C)C)s2)cc1. The summed E-state index contributed by atoms with van der Waals surface area (Å²) in [7, 11) is -3.81. The van der Waals surface area contributed by atoms with Crippen LogP contribution in [0.25, 0.3) is 0 Å². The molecular formula is C18H26N4O3S2. The number of hydrogen-bond donors (Lipinski definition) is 2. The molecule has 1 amide bonds. The number of anilines is 1. The minimum absolute atomic E-state index is 0.127. The largest absolute Gasteiger partial charge is 0.299 e. The molecule has 7 nitrogen and oxygen atoms in total. The van der Waals surface area contributed by atoms with Crippen molar-refractivity contribution in [1.29, 1.82) is 0 Å². The van der Waals surface area contributed by atoms with Gasteiger partial charge in [-0.25, -0.2) is 8.42 Å². The van der Waals surface area contributed by atoms with E-state index in [0.717, 1.165) is 10.6 Å². The molecule has 0 saturated carbocycles. The van der Waals surface area contributed by atoms with Gasteiger partial charge in [-0.15, -0.1) is 10.2 Å². The second-order valence-corrected chi connectivity index (χ2v) is 9.93. The van der Waals surface area contributed by atoms with Crippen molar-refractivity contribution in [2.75, 3.05) is 5.32 Å². The normalized spacial score (nSPS) is 13.1. The number of nitrogens with one attached hydrogen (secondary N) is 2. The second kappa shape index (κ2) is 8.90. The highest BCUT2D eigenvalue weighted by Gasteiger charge is 2.27. The third-order valence-electron chi connectivity index (χ3n) is 3.82. The van der Waals surface area contributed by atoms with Crippen molar-refractivity contribution in [1.82, 2.24) is 14.9 Å². The van der Waals surface area contributed by atoms with E-state index in [9.17, 15) is 13.2 Å². The maximum atomic E-state index is 12.7. The molecule has 0 fully saturated rings. The zero-order valence-corrected chi connectivity index (χ0v) is 17.8. The van der Waals surface area contributed by atoms with Gasteiger partial charge in [-0.05, 0) is 31.4 Å².